The molecule has 0 spiro atoms. The molecule has 5 rings (SSSR count). The van der Waals surface area contributed by atoms with Crippen LogP contribution in [0.4, 0.5) is 5.69 Å². The smallest absolute Gasteiger partial charge is 0.335 e. The van der Waals surface area contributed by atoms with E-state index in [0.29, 0.717) is 11.5 Å². The van der Waals surface area contributed by atoms with Gasteiger partial charge in [-0.3, -0.25) is 0 Å². The van der Waals surface area contributed by atoms with Crippen molar-refractivity contribution in [2.24, 2.45) is 5.92 Å². The summed E-state index contributed by atoms with van der Waals surface area (Å²) in [6, 6.07) is 22.0. The van der Waals surface area contributed by atoms with Gasteiger partial charge in [-0.05, 0) is 64.9 Å². The van der Waals surface area contributed by atoms with E-state index in [2.05, 4.69) is 35.6 Å². The fourth-order valence-electron chi connectivity index (χ4n) is 4.72. The van der Waals surface area contributed by atoms with Crippen LogP contribution in [0.1, 0.15) is 44.6 Å². The Kier molecular flexibility index (Phi) is 3.73. The molecule has 0 aromatic heterocycles. The van der Waals surface area contributed by atoms with Gasteiger partial charge in [-0.15, -0.1) is 0 Å². The minimum absolute atomic E-state index is 0.129. The number of halogens is 1. The van der Waals surface area contributed by atoms with Crippen molar-refractivity contribution < 1.29 is 9.90 Å². The molecule has 0 fully saturated rings. The fourth-order valence-corrected chi connectivity index (χ4v) is 4.92. The summed E-state index contributed by atoms with van der Waals surface area (Å²) in [6.07, 6.45) is 0.960. The van der Waals surface area contributed by atoms with Gasteiger partial charge in [-0.1, -0.05) is 48.0 Å². The molecular weight excluding hydrogens is 358 g/mol. The van der Waals surface area contributed by atoms with Crippen LogP contribution in [-0.4, -0.2) is 11.1 Å². The van der Waals surface area contributed by atoms with E-state index in [-0.39, 0.29) is 12.0 Å². The molecule has 0 amide bonds. The van der Waals surface area contributed by atoms with E-state index in [0.717, 1.165) is 22.7 Å². The third-order valence-electron chi connectivity index (χ3n) is 5.85. The van der Waals surface area contributed by atoms with Crippen LogP contribution in [0, 0.1) is 5.92 Å². The number of anilines is 1. The van der Waals surface area contributed by atoms with Gasteiger partial charge in [0.2, 0.25) is 0 Å². The number of fused-ring (bicyclic) bond motifs is 5. The summed E-state index contributed by atoms with van der Waals surface area (Å²) in [4.78, 5) is 11.5. The lowest BCUT2D eigenvalue weighted by Crippen LogP contribution is -2.30. The van der Waals surface area contributed by atoms with E-state index in [1.54, 1.807) is 6.07 Å². The van der Waals surface area contributed by atoms with Crippen molar-refractivity contribution in [3.05, 3.63) is 99.6 Å². The van der Waals surface area contributed by atoms with E-state index in [1.165, 1.54) is 16.7 Å². The Morgan fingerprint density at radius 2 is 1.85 bits per heavy atom. The summed E-state index contributed by atoms with van der Waals surface area (Å²) in [5.41, 5.74) is 6.22. The lowest BCUT2D eigenvalue weighted by molar-refractivity contribution is 0.0696. The number of carboxylic acids is 1. The first kappa shape index (κ1) is 16.4. The van der Waals surface area contributed by atoms with Gasteiger partial charge in [0.05, 0.1) is 11.6 Å². The molecule has 1 aliphatic heterocycles. The van der Waals surface area contributed by atoms with E-state index < -0.39 is 5.97 Å². The van der Waals surface area contributed by atoms with Crippen LogP contribution >= 0.6 is 11.6 Å². The molecule has 134 valence electrons. The number of aromatic carboxylic acids is 1. The van der Waals surface area contributed by atoms with Crippen molar-refractivity contribution >= 4 is 23.3 Å². The van der Waals surface area contributed by atoms with Crippen molar-refractivity contribution in [1.29, 1.82) is 0 Å². The van der Waals surface area contributed by atoms with Crippen LogP contribution in [-0.2, 0) is 6.42 Å². The van der Waals surface area contributed by atoms with Crippen molar-refractivity contribution in [2.75, 3.05) is 5.32 Å². The first-order valence-electron chi connectivity index (χ1n) is 9.09. The molecule has 3 nitrogen and oxygen atoms in total. The molecule has 4 heteroatoms. The topological polar surface area (TPSA) is 49.3 Å². The first-order valence-corrected chi connectivity index (χ1v) is 9.46. The van der Waals surface area contributed by atoms with Gasteiger partial charge in [0.25, 0.3) is 0 Å². The molecule has 0 unspecified atom stereocenters. The molecule has 3 aromatic rings. The lowest BCUT2D eigenvalue weighted by Gasteiger charge is -2.38. The SMILES string of the molecule is O=C(O)c1ccc2c(c1)[C@H]1c3ccccc3C[C@@H]1[C@H](c1cccc(Cl)c1)N2. The van der Waals surface area contributed by atoms with Crippen LogP contribution < -0.4 is 5.32 Å². The molecule has 1 aliphatic carbocycles. The zero-order chi connectivity index (χ0) is 18.5. The molecular formula is C23H18ClNO2. The number of hydrogen-bond donors (Lipinski definition) is 2. The van der Waals surface area contributed by atoms with Crippen molar-refractivity contribution in [3.63, 3.8) is 0 Å². The predicted molar refractivity (Wildman–Crippen MR) is 107 cm³/mol. The Balaban J connectivity index is 1.69. The summed E-state index contributed by atoms with van der Waals surface area (Å²) in [5.74, 6) is -0.393. The number of rotatable bonds is 2. The molecule has 0 saturated heterocycles. The van der Waals surface area contributed by atoms with Crippen LogP contribution in [0.25, 0.3) is 0 Å². The summed E-state index contributed by atoms with van der Waals surface area (Å²) in [5, 5.41) is 13.8. The van der Waals surface area contributed by atoms with Gasteiger partial charge in [-0.25, -0.2) is 4.79 Å². The van der Waals surface area contributed by atoms with Gasteiger partial charge in [0.15, 0.2) is 0 Å². The number of carbonyl (C=O) groups is 1. The number of carboxylic acid groups (broad SMARTS) is 1. The second-order valence-corrected chi connectivity index (χ2v) is 7.77. The molecule has 3 atom stereocenters. The summed E-state index contributed by atoms with van der Waals surface area (Å²) in [6.45, 7) is 0. The second kappa shape index (κ2) is 6.14. The highest BCUT2D eigenvalue weighted by Crippen LogP contribution is 2.54. The standard InChI is InChI=1S/C23H18ClNO2/c24-16-6-3-5-14(10-16)22-19-11-13-4-1-2-7-17(13)21(19)18-12-15(23(26)27)8-9-20(18)25-22/h1-10,12,19,21-22,25H,11H2,(H,26,27)/t19-,21+,22-/m0/s1. The average molecular weight is 376 g/mol. The highest BCUT2D eigenvalue weighted by Gasteiger charge is 2.43. The van der Waals surface area contributed by atoms with Crippen molar-refractivity contribution in [3.8, 4) is 0 Å². The predicted octanol–water partition coefficient (Wildman–Crippen LogP) is 5.51. The maximum absolute atomic E-state index is 11.5. The summed E-state index contributed by atoms with van der Waals surface area (Å²) in [7, 11) is 0. The minimum Gasteiger partial charge on any atom is -0.478 e. The Bertz CT molecular complexity index is 1060. The highest BCUT2D eigenvalue weighted by atomic mass is 35.5. The van der Waals surface area contributed by atoms with E-state index in [9.17, 15) is 9.90 Å². The largest absolute Gasteiger partial charge is 0.478 e. The molecule has 0 saturated carbocycles. The Morgan fingerprint density at radius 1 is 1.00 bits per heavy atom. The quantitative estimate of drug-likeness (QED) is 0.621. The van der Waals surface area contributed by atoms with Crippen LogP contribution in [0.2, 0.25) is 5.02 Å². The molecule has 2 N–H and O–H groups in total. The van der Waals surface area contributed by atoms with E-state index in [1.807, 2.05) is 30.3 Å². The third kappa shape index (κ3) is 2.62. The Hall–Kier alpha value is -2.78. The molecule has 0 radical (unpaired) electrons. The minimum atomic E-state index is -0.891. The molecule has 2 aliphatic rings. The van der Waals surface area contributed by atoms with Gasteiger partial charge in [0.1, 0.15) is 0 Å². The summed E-state index contributed by atoms with van der Waals surface area (Å²) < 4.78 is 0. The zero-order valence-corrected chi connectivity index (χ0v) is 15.3. The van der Waals surface area contributed by atoms with Gasteiger partial charge in [0, 0.05) is 16.6 Å². The molecule has 3 aromatic carbocycles. The fraction of sp³-hybridized carbons (Fsp3) is 0.174. The normalized spacial score (nSPS) is 22.3. The van der Waals surface area contributed by atoms with Gasteiger partial charge >= 0.3 is 5.97 Å². The van der Waals surface area contributed by atoms with Gasteiger partial charge < -0.3 is 10.4 Å². The average Bonchev–Trinajstić information content (AvgIpc) is 3.06. The second-order valence-electron chi connectivity index (χ2n) is 7.33. The molecule has 0 bridgehead atoms. The van der Waals surface area contributed by atoms with E-state index in [4.69, 9.17) is 11.6 Å². The first-order chi connectivity index (χ1) is 13.1. The van der Waals surface area contributed by atoms with Gasteiger partial charge in [-0.2, -0.15) is 0 Å². The third-order valence-corrected chi connectivity index (χ3v) is 6.09. The van der Waals surface area contributed by atoms with Crippen LogP contribution in [0.15, 0.2) is 66.7 Å². The zero-order valence-electron chi connectivity index (χ0n) is 14.5. The highest BCUT2D eigenvalue weighted by molar-refractivity contribution is 6.30. The van der Waals surface area contributed by atoms with Crippen molar-refractivity contribution in [1.82, 2.24) is 0 Å². The number of hydrogen-bond acceptors (Lipinski definition) is 2. The summed E-state index contributed by atoms with van der Waals surface area (Å²) >= 11 is 6.26. The monoisotopic (exact) mass is 375 g/mol. The van der Waals surface area contributed by atoms with Crippen LogP contribution in [0.5, 0.6) is 0 Å². The number of nitrogens with one attached hydrogen (secondary N) is 1. The van der Waals surface area contributed by atoms with Crippen LogP contribution in [0.3, 0.4) is 0 Å². The maximum Gasteiger partial charge on any atom is 0.335 e. The van der Waals surface area contributed by atoms with E-state index >= 15 is 0 Å². The Morgan fingerprint density at radius 3 is 2.67 bits per heavy atom. The Labute approximate surface area is 162 Å². The lowest BCUT2D eigenvalue weighted by atomic mass is 9.75. The van der Waals surface area contributed by atoms with Crippen molar-refractivity contribution in [2.45, 2.75) is 18.4 Å². The maximum atomic E-state index is 11.5. The molecule has 27 heavy (non-hydrogen) atoms. The molecule has 1 heterocycles. The number of benzene rings is 3.